The first-order chi connectivity index (χ1) is 11.1. The molecule has 118 valence electrons. The Hall–Kier alpha value is -2.38. The van der Waals surface area contributed by atoms with Crippen molar-refractivity contribution >= 4 is 16.5 Å². The van der Waals surface area contributed by atoms with Crippen LogP contribution < -0.4 is 5.32 Å². The highest BCUT2D eigenvalue weighted by Crippen LogP contribution is 2.27. The summed E-state index contributed by atoms with van der Waals surface area (Å²) in [6, 6.07) is 11.1. The summed E-state index contributed by atoms with van der Waals surface area (Å²) >= 11 is 1.36. The number of nitrogens with one attached hydrogen (secondary N) is 1. The van der Waals surface area contributed by atoms with Gasteiger partial charge in [0.2, 0.25) is 5.13 Å². The van der Waals surface area contributed by atoms with Crippen LogP contribution in [-0.2, 0) is 0 Å². The molecule has 0 saturated heterocycles. The van der Waals surface area contributed by atoms with E-state index < -0.39 is 6.10 Å². The van der Waals surface area contributed by atoms with Crippen molar-refractivity contribution in [3.05, 3.63) is 60.0 Å². The van der Waals surface area contributed by atoms with Crippen LogP contribution in [0.2, 0.25) is 0 Å². The highest BCUT2D eigenvalue weighted by Gasteiger charge is 2.18. The number of benzene rings is 1. The maximum Gasteiger partial charge on any atom is 0.206 e. The van der Waals surface area contributed by atoms with Crippen molar-refractivity contribution in [2.75, 3.05) is 5.32 Å². The number of aliphatic hydroxyl groups is 1. The average molecular weight is 330 g/mol. The first-order valence-corrected chi connectivity index (χ1v) is 7.90. The fourth-order valence-corrected chi connectivity index (χ4v) is 2.91. The highest BCUT2D eigenvalue weighted by molar-refractivity contribution is 7.18. The molecule has 0 fully saturated rings. The van der Waals surface area contributed by atoms with Gasteiger partial charge in [-0.15, -0.1) is 10.2 Å². The van der Waals surface area contributed by atoms with Gasteiger partial charge < -0.3 is 10.4 Å². The van der Waals surface area contributed by atoms with Gasteiger partial charge in [-0.2, -0.15) is 0 Å². The first kappa shape index (κ1) is 15.5. The summed E-state index contributed by atoms with van der Waals surface area (Å²) in [4.78, 5) is 4.23. The molecule has 0 saturated carbocycles. The molecule has 0 aliphatic heterocycles. The molecule has 0 unspecified atom stereocenters. The van der Waals surface area contributed by atoms with Crippen LogP contribution in [0.1, 0.15) is 18.6 Å². The maximum absolute atomic E-state index is 12.9. The minimum absolute atomic E-state index is 0.301. The standard InChI is InChI=1S/C16H15FN4OS/c1-10(14(22)11-5-7-12(17)8-6-11)19-16-21-20-15(23-16)13-4-2-3-9-18-13/h2-10,14,22H,1H3,(H,19,21)/t10-,14+/m0/s1. The van der Waals surface area contributed by atoms with Gasteiger partial charge in [-0.05, 0) is 36.8 Å². The number of aliphatic hydroxyl groups excluding tert-OH is 1. The Morgan fingerprint density at radius 3 is 2.61 bits per heavy atom. The van der Waals surface area contributed by atoms with Crippen LogP contribution >= 0.6 is 11.3 Å². The number of nitrogens with zero attached hydrogens (tertiary/aromatic N) is 3. The van der Waals surface area contributed by atoms with Gasteiger partial charge in [0, 0.05) is 6.20 Å². The summed E-state index contributed by atoms with van der Waals surface area (Å²) in [7, 11) is 0. The van der Waals surface area contributed by atoms with E-state index in [4.69, 9.17) is 0 Å². The van der Waals surface area contributed by atoms with E-state index in [0.29, 0.717) is 15.7 Å². The van der Waals surface area contributed by atoms with E-state index in [1.165, 1.54) is 23.5 Å². The van der Waals surface area contributed by atoms with Gasteiger partial charge in [-0.1, -0.05) is 29.5 Å². The Labute approximate surface area is 136 Å². The Morgan fingerprint density at radius 2 is 1.91 bits per heavy atom. The predicted molar refractivity (Wildman–Crippen MR) is 87.6 cm³/mol. The summed E-state index contributed by atoms with van der Waals surface area (Å²) in [5.74, 6) is -0.328. The van der Waals surface area contributed by atoms with Crippen molar-refractivity contribution in [3.8, 4) is 10.7 Å². The largest absolute Gasteiger partial charge is 0.386 e. The van der Waals surface area contributed by atoms with Gasteiger partial charge in [0.05, 0.1) is 12.1 Å². The number of pyridine rings is 1. The highest BCUT2D eigenvalue weighted by atomic mass is 32.1. The maximum atomic E-state index is 12.9. The molecule has 1 aromatic carbocycles. The predicted octanol–water partition coefficient (Wildman–Crippen LogP) is 3.27. The van der Waals surface area contributed by atoms with Crippen molar-refractivity contribution in [3.63, 3.8) is 0 Å². The topological polar surface area (TPSA) is 70.9 Å². The lowest BCUT2D eigenvalue weighted by molar-refractivity contribution is 0.160. The number of hydrogen-bond acceptors (Lipinski definition) is 6. The van der Waals surface area contributed by atoms with Gasteiger partial charge in [0.1, 0.15) is 11.5 Å². The molecule has 2 N–H and O–H groups in total. The lowest BCUT2D eigenvalue weighted by Gasteiger charge is -2.19. The van der Waals surface area contributed by atoms with Crippen molar-refractivity contribution in [1.29, 1.82) is 0 Å². The average Bonchev–Trinajstić information content (AvgIpc) is 3.04. The zero-order chi connectivity index (χ0) is 16.2. The van der Waals surface area contributed by atoms with Gasteiger partial charge in [-0.3, -0.25) is 4.98 Å². The van der Waals surface area contributed by atoms with Crippen molar-refractivity contribution < 1.29 is 9.50 Å². The lowest BCUT2D eigenvalue weighted by atomic mass is 10.0. The van der Waals surface area contributed by atoms with Gasteiger partial charge in [0.25, 0.3) is 0 Å². The summed E-state index contributed by atoms with van der Waals surface area (Å²) in [5.41, 5.74) is 1.39. The third-order valence-electron chi connectivity index (χ3n) is 3.35. The van der Waals surface area contributed by atoms with Gasteiger partial charge >= 0.3 is 0 Å². The zero-order valence-corrected chi connectivity index (χ0v) is 13.2. The Balaban J connectivity index is 1.69. The second kappa shape index (κ2) is 6.80. The van der Waals surface area contributed by atoms with Gasteiger partial charge in [-0.25, -0.2) is 4.39 Å². The first-order valence-electron chi connectivity index (χ1n) is 7.08. The quantitative estimate of drug-likeness (QED) is 0.751. The van der Waals surface area contributed by atoms with E-state index >= 15 is 0 Å². The monoisotopic (exact) mass is 330 g/mol. The third-order valence-corrected chi connectivity index (χ3v) is 4.22. The summed E-state index contributed by atoms with van der Waals surface area (Å²) in [5, 5.41) is 22.9. The second-order valence-corrected chi connectivity index (χ2v) is 6.03. The van der Waals surface area contributed by atoms with E-state index in [-0.39, 0.29) is 11.9 Å². The fraction of sp³-hybridized carbons (Fsp3) is 0.188. The van der Waals surface area contributed by atoms with Crippen LogP contribution in [0, 0.1) is 5.82 Å². The molecule has 0 radical (unpaired) electrons. The number of halogens is 1. The Kier molecular flexibility index (Phi) is 4.59. The molecule has 2 aromatic heterocycles. The molecule has 7 heteroatoms. The minimum atomic E-state index is -0.780. The van der Waals surface area contributed by atoms with Crippen molar-refractivity contribution in [2.45, 2.75) is 19.1 Å². The van der Waals surface area contributed by atoms with Crippen LogP contribution in [0.15, 0.2) is 48.7 Å². The summed E-state index contributed by atoms with van der Waals surface area (Å²) in [6.45, 7) is 1.83. The third kappa shape index (κ3) is 3.69. The molecule has 2 heterocycles. The molecule has 2 atom stereocenters. The molecular formula is C16H15FN4OS. The number of rotatable bonds is 5. The SMILES string of the molecule is C[C@H](Nc1nnc(-c2ccccn2)s1)[C@@H](O)c1ccc(F)cc1. The van der Waals surface area contributed by atoms with E-state index in [2.05, 4.69) is 20.5 Å². The van der Waals surface area contributed by atoms with Gasteiger partial charge in [0.15, 0.2) is 5.01 Å². The minimum Gasteiger partial charge on any atom is -0.386 e. The molecule has 0 aliphatic rings. The number of aromatic nitrogens is 3. The van der Waals surface area contributed by atoms with E-state index in [1.54, 1.807) is 18.3 Å². The smallest absolute Gasteiger partial charge is 0.206 e. The molecule has 0 spiro atoms. The fourth-order valence-electron chi connectivity index (χ4n) is 2.10. The molecule has 3 rings (SSSR count). The zero-order valence-electron chi connectivity index (χ0n) is 12.3. The van der Waals surface area contributed by atoms with Crippen molar-refractivity contribution in [1.82, 2.24) is 15.2 Å². The molecule has 5 nitrogen and oxygen atoms in total. The van der Waals surface area contributed by atoms with Crippen LogP contribution in [0.5, 0.6) is 0 Å². The lowest BCUT2D eigenvalue weighted by Crippen LogP contribution is -2.24. The van der Waals surface area contributed by atoms with E-state index in [9.17, 15) is 9.50 Å². The van der Waals surface area contributed by atoms with Crippen LogP contribution in [0.3, 0.4) is 0 Å². The number of anilines is 1. The normalized spacial score (nSPS) is 13.5. The van der Waals surface area contributed by atoms with E-state index in [0.717, 1.165) is 5.69 Å². The van der Waals surface area contributed by atoms with Crippen LogP contribution in [0.25, 0.3) is 10.7 Å². The molecule has 0 aliphatic carbocycles. The number of hydrogen-bond donors (Lipinski definition) is 2. The van der Waals surface area contributed by atoms with Crippen molar-refractivity contribution in [2.24, 2.45) is 0 Å². The molecule has 0 bridgehead atoms. The summed E-state index contributed by atoms with van der Waals surface area (Å²) in [6.07, 6.45) is 0.919. The Bertz CT molecular complexity index is 763. The second-order valence-electron chi connectivity index (χ2n) is 5.06. The van der Waals surface area contributed by atoms with Crippen LogP contribution in [0.4, 0.5) is 9.52 Å². The summed E-state index contributed by atoms with van der Waals surface area (Å²) < 4.78 is 12.9. The molecule has 0 amide bonds. The molecule has 23 heavy (non-hydrogen) atoms. The van der Waals surface area contributed by atoms with Crippen LogP contribution in [-0.4, -0.2) is 26.3 Å². The molecular weight excluding hydrogens is 315 g/mol. The van der Waals surface area contributed by atoms with E-state index in [1.807, 2.05) is 25.1 Å². The Morgan fingerprint density at radius 1 is 1.13 bits per heavy atom. The molecule has 3 aromatic rings.